The number of amides is 2. The normalized spacial score (nSPS) is 14.9. The van der Waals surface area contributed by atoms with Crippen LogP contribution in [0.1, 0.15) is 29.0 Å². The summed E-state index contributed by atoms with van der Waals surface area (Å²) in [5.74, 6) is -2.14. The van der Waals surface area contributed by atoms with Gasteiger partial charge in [0.2, 0.25) is 11.7 Å². The van der Waals surface area contributed by atoms with E-state index in [1.165, 1.54) is 18.2 Å². The molecule has 0 aliphatic heterocycles. The van der Waals surface area contributed by atoms with Crippen molar-refractivity contribution in [3.8, 4) is 23.1 Å². The van der Waals surface area contributed by atoms with Gasteiger partial charge in [-0.1, -0.05) is 53.2 Å². The van der Waals surface area contributed by atoms with Gasteiger partial charge in [-0.25, -0.2) is 0 Å². The Balaban J connectivity index is 1.53. The first-order valence-electron chi connectivity index (χ1n) is 10.7. The van der Waals surface area contributed by atoms with Crippen LogP contribution in [0.2, 0.25) is 5.02 Å². The Kier molecular flexibility index (Phi) is 6.90. The topological polar surface area (TPSA) is 117 Å². The molecule has 1 aliphatic rings. The van der Waals surface area contributed by atoms with E-state index in [0.717, 1.165) is 11.6 Å². The van der Waals surface area contributed by atoms with Crippen molar-refractivity contribution in [1.82, 2.24) is 15.8 Å². The second-order valence-electron chi connectivity index (χ2n) is 8.17. The molecule has 2 amide bonds. The van der Waals surface area contributed by atoms with Crippen molar-refractivity contribution in [2.75, 3.05) is 0 Å². The Hall–Kier alpha value is -4.04. The Morgan fingerprint density at radius 3 is 2.53 bits per heavy atom. The summed E-state index contributed by atoms with van der Waals surface area (Å²) in [4.78, 5) is 25.8. The van der Waals surface area contributed by atoms with Gasteiger partial charge in [-0.3, -0.25) is 9.59 Å². The lowest BCUT2D eigenvalue weighted by atomic mass is 10.0. The summed E-state index contributed by atoms with van der Waals surface area (Å²) < 4.78 is 46.6. The van der Waals surface area contributed by atoms with Crippen molar-refractivity contribution in [3.63, 3.8) is 0 Å². The van der Waals surface area contributed by atoms with Gasteiger partial charge in [0.25, 0.3) is 5.91 Å². The van der Waals surface area contributed by atoms with E-state index < -0.39 is 35.5 Å². The van der Waals surface area contributed by atoms with Gasteiger partial charge in [-0.2, -0.15) is 5.26 Å². The summed E-state index contributed by atoms with van der Waals surface area (Å²) in [6.45, 7) is 0. The fourth-order valence-electron chi connectivity index (χ4n) is 3.39. The molecule has 0 radical (unpaired) electrons. The number of halogens is 4. The number of ether oxygens (including phenoxy) is 1. The number of carbonyl (C=O) groups excluding carboxylic acids is 2. The number of nitrogens with one attached hydrogen (secondary N) is 2. The largest absolute Gasteiger partial charge is 0.573 e. The number of carbonyl (C=O) groups is 2. The molecule has 2 aromatic carbocycles. The van der Waals surface area contributed by atoms with Gasteiger partial charge in [0.05, 0.1) is 11.1 Å². The number of aromatic nitrogens is 1. The quantitative estimate of drug-likeness (QED) is 0.456. The van der Waals surface area contributed by atoms with E-state index in [0.29, 0.717) is 24.1 Å². The predicted molar refractivity (Wildman–Crippen MR) is 121 cm³/mol. The van der Waals surface area contributed by atoms with Crippen LogP contribution in [-0.4, -0.2) is 34.9 Å². The van der Waals surface area contributed by atoms with Gasteiger partial charge in [-0.05, 0) is 30.5 Å². The van der Waals surface area contributed by atoms with Crippen molar-refractivity contribution < 1.29 is 32.0 Å². The molecule has 0 unspecified atom stereocenters. The highest BCUT2D eigenvalue weighted by molar-refractivity contribution is 6.32. The SMILES string of the molecule is N#CC1(NC(=O)[C@H](Cc2ccc(OC(F)(F)F)c(Cl)c2)NC(=O)c2cc(-c3ccccc3)no2)CC1. The Bertz CT molecular complexity index is 1320. The van der Waals surface area contributed by atoms with Crippen molar-refractivity contribution in [1.29, 1.82) is 5.26 Å². The number of alkyl halides is 3. The maximum absolute atomic E-state index is 13.0. The number of hydrogen-bond donors (Lipinski definition) is 2. The molecular weight excluding hydrogens is 501 g/mol. The highest BCUT2D eigenvalue weighted by atomic mass is 35.5. The molecular formula is C24H18ClF3N4O4. The van der Waals surface area contributed by atoms with Crippen LogP contribution in [0.4, 0.5) is 13.2 Å². The molecule has 1 aliphatic carbocycles. The summed E-state index contributed by atoms with van der Waals surface area (Å²) in [7, 11) is 0. The summed E-state index contributed by atoms with van der Waals surface area (Å²) in [6.07, 6.45) is -4.13. The second-order valence-corrected chi connectivity index (χ2v) is 8.58. The Morgan fingerprint density at radius 1 is 1.19 bits per heavy atom. The number of rotatable bonds is 8. The summed E-state index contributed by atoms with van der Waals surface area (Å²) >= 11 is 5.92. The lowest BCUT2D eigenvalue weighted by molar-refractivity contribution is -0.274. The van der Waals surface area contributed by atoms with Gasteiger partial charge < -0.3 is 19.9 Å². The van der Waals surface area contributed by atoms with Crippen molar-refractivity contribution >= 4 is 23.4 Å². The molecule has 1 heterocycles. The third-order valence-corrected chi connectivity index (χ3v) is 5.71. The van der Waals surface area contributed by atoms with Crippen LogP contribution in [0.25, 0.3) is 11.3 Å². The molecule has 186 valence electrons. The zero-order valence-electron chi connectivity index (χ0n) is 18.4. The lowest BCUT2D eigenvalue weighted by Crippen LogP contribution is -2.51. The smallest absolute Gasteiger partial charge is 0.404 e. The zero-order valence-corrected chi connectivity index (χ0v) is 19.2. The van der Waals surface area contributed by atoms with Crippen molar-refractivity contribution in [3.05, 3.63) is 70.9 Å². The monoisotopic (exact) mass is 518 g/mol. The Labute approximate surface area is 208 Å². The molecule has 1 saturated carbocycles. The minimum Gasteiger partial charge on any atom is -0.404 e. The van der Waals surface area contributed by atoms with E-state index in [1.807, 2.05) is 12.1 Å². The van der Waals surface area contributed by atoms with Crippen LogP contribution in [0.15, 0.2) is 59.1 Å². The second kappa shape index (κ2) is 9.91. The number of benzene rings is 2. The van der Waals surface area contributed by atoms with E-state index in [2.05, 4.69) is 20.5 Å². The standard InChI is InChI=1S/C24H18ClF3N4O4/c25-16-10-14(6-7-19(16)35-24(26,27)28)11-18(21(33)31-23(13-29)8-9-23)30-22(34)20-12-17(32-36-20)15-4-2-1-3-5-15/h1-7,10,12,18H,8-9,11H2,(H,30,34)(H,31,33)/t18-/m0/s1. The van der Waals surface area contributed by atoms with Crippen LogP contribution < -0.4 is 15.4 Å². The molecule has 1 fully saturated rings. The van der Waals surface area contributed by atoms with Crippen LogP contribution >= 0.6 is 11.6 Å². The highest BCUT2D eigenvalue weighted by Crippen LogP contribution is 2.35. The average molecular weight is 519 g/mol. The van der Waals surface area contributed by atoms with Gasteiger partial charge in [0.15, 0.2) is 0 Å². The van der Waals surface area contributed by atoms with Crippen LogP contribution in [0.5, 0.6) is 5.75 Å². The molecule has 2 N–H and O–H groups in total. The number of hydrogen-bond acceptors (Lipinski definition) is 6. The zero-order chi connectivity index (χ0) is 25.9. The minimum atomic E-state index is -4.92. The molecule has 1 atom stereocenters. The van der Waals surface area contributed by atoms with E-state index >= 15 is 0 Å². The minimum absolute atomic E-state index is 0.134. The molecule has 0 spiro atoms. The molecule has 8 nitrogen and oxygen atoms in total. The Morgan fingerprint density at radius 2 is 1.92 bits per heavy atom. The molecule has 12 heteroatoms. The summed E-state index contributed by atoms with van der Waals surface area (Å²) in [6, 6.07) is 14.7. The average Bonchev–Trinajstić information content (AvgIpc) is 3.42. The number of nitrogens with zero attached hydrogens (tertiary/aromatic N) is 2. The first-order valence-corrected chi connectivity index (χ1v) is 11.1. The lowest BCUT2D eigenvalue weighted by Gasteiger charge is -2.20. The molecule has 3 aromatic rings. The first-order chi connectivity index (χ1) is 17.1. The van der Waals surface area contributed by atoms with Crippen molar-refractivity contribution in [2.24, 2.45) is 0 Å². The summed E-state index contributed by atoms with van der Waals surface area (Å²) in [5.41, 5.74) is 0.471. The molecule has 4 rings (SSSR count). The maximum atomic E-state index is 13.0. The van der Waals surface area contributed by atoms with E-state index in [9.17, 15) is 28.0 Å². The molecule has 36 heavy (non-hydrogen) atoms. The van der Waals surface area contributed by atoms with Gasteiger partial charge >= 0.3 is 6.36 Å². The van der Waals surface area contributed by atoms with E-state index in [1.54, 1.807) is 24.3 Å². The van der Waals surface area contributed by atoms with Crippen molar-refractivity contribution in [2.45, 2.75) is 37.2 Å². The third-order valence-electron chi connectivity index (χ3n) is 5.41. The van der Waals surface area contributed by atoms with Crippen LogP contribution in [0, 0.1) is 11.3 Å². The summed E-state index contributed by atoms with van der Waals surface area (Å²) in [5, 5.41) is 18.0. The maximum Gasteiger partial charge on any atom is 0.573 e. The fourth-order valence-corrected chi connectivity index (χ4v) is 3.63. The van der Waals surface area contributed by atoms with Crippen LogP contribution in [-0.2, 0) is 11.2 Å². The van der Waals surface area contributed by atoms with Gasteiger partial charge in [-0.15, -0.1) is 13.2 Å². The van der Waals surface area contributed by atoms with Crippen LogP contribution in [0.3, 0.4) is 0 Å². The fraction of sp³-hybridized carbons (Fsp3) is 0.250. The van der Waals surface area contributed by atoms with Gasteiger partial charge in [0.1, 0.15) is 23.0 Å². The molecule has 0 bridgehead atoms. The van der Waals surface area contributed by atoms with Gasteiger partial charge in [0, 0.05) is 18.1 Å². The van der Waals surface area contributed by atoms with E-state index in [4.69, 9.17) is 16.1 Å². The molecule has 1 aromatic heterocycles. The number of nitriles is 1. The third kappa shape index (κ3) is 6.14. The predicted octanol–water partition coefficient (Wildman–Crippen LogP) is 4.41. The highest BCUT2D eigenvalue weighted by Gasteiger charge is 2.45. The molecule has 0 saturated heterocycles. The first kappa shape index (κ1) is 25.1. The van der Waals surface area contributed by atoms with E-state index in [-0.39, 0.29) is 17.2 Å².